The van der Waals surface area contributed by atoms with Gasteiger partial charge in [-0.15, -0.1) is 5.10 Å². The summed E-state index contributed by atoms with van der Waals surface area (Å²) in [6.07, 6.45) is 0. The van der Waals surface area contributed by atoms with Crippen LogP contribution in [0.15, 0.2) is 29.2 Å². The molecule has 0 radical (unpaired) electrons. The summed E-state index contributed by atoms with van der Waals surface area (Å²) in [4.78, 5) is 9.77. The molecular weight excluding hydrogens is 312 g/mol. The number of H-pyrrole nitrogens is 1. The summed E-state index contributed by atoms with van der Waals surface area (Å²) in [6.45, 7) is 0. The fraction of sp³-hybridized carbons (Fsp3) is 0. The number of hydrogen-bond acceptors (Lipinski definition) is 7. The van der Waals surface area contributed by atoms with E-state index in [1.54, 1.807) is 0 Å². The zero-order valence-corrected chi connectivity index (χ0v) is 11.5. The van der Waals surface area contributed by atoms with Gasteiger partial charge in [0.25, 0.3) is 15.7 Å². The Labute approximate surface area is 116 Å². The first kappa shape index (κ1) is 13.6. The molecule has 2 aromatic rings. The van der Waals surface area contributed by atoms with Crippen LogP contribution >= 0.6 is 23.6 Å². The van der Waals surface area contributed by atoms with Crippen LogP contribution in [-0.2, 0) is 10.0 Å². The van der Waals surface area contributed by atoms with Crippen molar-refractivity contribution in [2.45, 2.75) is 4.90 Å². The van der Waals surface area contributed by atoms with Crippen LogP contribution in [0.4, 0.5) is 10.8 Å². The lowest BCUT2D eigenvalue weighted by molar-refractivity contribution is -0.384. The van der Waals surface area contributed by atoms with Gasteiger partial charge in [0.2, 0.25) is 5.13 Å². The number of nitrogens with zero attached hydrogens (tertiary/aromatic N) is 2. The van der Waals surface area contributed by atoms with Crippen molar-refractivity contribution in [2.75, 3.05) is 4.72 Å². The number of anilines is 1. The Morgan fingerprint density at radius 3 is 2.47 bits per heavy atom. The molecule has 0 saturated heterocycles. The summed E-state index contributed by atoms with van der Waals surface area (Å²) in [7, 11) is -3.83. The van der Waals surface area contributed by atoms with Gasteiger partial charge >= 0.3 is 0 Å². The van der Waals surface area contributed by atoms with E-state index in [9.17, 15) is 18.5 Å². The first-order valence-electron chi connectivity index (χ1n) is 4.71. The Balaban J connectivity index is 2.29. The summed E-state index contributed by atoms with van der Waals surface area (Å²) in [6, 6.07) is 4.51. The van der Waals surface area contributed by atoms with Crippen LogP contribution in [0.3, 0.4) is 0 Å². The van der Waals surface area contributed by atoms with Gasteiger partial charge in [-0.05, 0) is 24.4 Å². The Morgan fingerprint density at radius 2 is 2.00 bits per heavy atom. The standard InChI is InChI=1S/C8H6N4O4S3/c13-12(14)5-1-3-6(4-2-5)19(15,16)11-7-9-10-8(17)18-7/h1-4H,(H,9,11)(H,10,17). The summed E-state index contributed by atoms with van der Waals surface area (Å²) in [5, 5.41) is 16.7. The van der Waals surface area contributed by atoms with Gasteiger partial charge in [-0.2, -0.15) is 0 Å². The maximum absolute atomic E-state index is 11.9. The normalized spacial score (nSPS) is 11.2. The molecule has 0 bridgehead atoms. The van der Waals surface area contributed by atoms with Crippen LogP contribution in [0.5, 0.6) is 0 Å². The fourth-order valence-electron chi connectivity index (χ4n) is 1.19. The fourth-order valence-corrected chi connectivity index (χ4v) is 3.22. The summed E-state index contributed by atoms with van der Waals surface area (Å²) < 4.78 is 26.4. The number of rotatable bonds is 4. The number of nitro benzene ring substituents is 1. The van der Waals surface area contributed by atoms with Crippen LogP contribution in [0, 0.1) is 14.1 Å². The molecule has 0 atom stereocenters. The zero-order valence-electron chi connectivity index (χ0n) is 9.06. The van der Waals surface area contributed by atoms with Crippen LogP contribution in [0.1, 0.15) is 0 Å². The van der Waals surface area contributed by atoms with Gasteiger partial charge < -0.3 is 0 Å². The van der Waals surface area contributed by atoms with Crippen LogP contribution in [0.2, 0.25) is 0 Å². The average Bonchev–Trinajstić information content (AvgIpc) is 2.74. The lowest BCUT2D eigenvalue weighted by Crippen LogP contribution is -2.12. The number of hydrogen-bond donors (Lipinski definition) is 2. The molecule has 1 aromatic carbocycles. The monoisotopic (exact) mass is 318 g/mol. The molecule has 1 aromatic heterocycles. The second-order valence-corrected chi connectivity index (χ2v) is 6.62. The second-order valence-electron chi connectivity index (χ2n) is 3.27. The lowest BCUT2D eigenvalue weighted by atomic mass is 10.3. The van der Waals surface area contributed by atoms with Gasteiger partial charge in [0.05, 0.1) is 9.82 Å². The van der Waals surface area contributed by atoms with Crippen molar-refractivity contribution in [3.63, 3.8) is 0 Å². The van der Waals surface area contributed by atoms with Crippen molar-refractivity contribution >= 4 is 44.4 Å². The number of nitrogens with one attached hydrogen (secondary N) is 2. The van der Waals surface area contributed by atoms with E-state index in [-0.39, 0.29) is 15.7 Å². The van der Waals surface area contributed by atoms with E-state index in [1.807, 2.05) is 0 Å². The predicted molar refractivity (Wildman–Crippen MR) is 71.2 cm³/mol. The highest BCUT2D eigenvalue weighted by molar-refractivity contribution is 7.93. The molecule has 19 heavy (non-hydrogen) atoms. The molecule has 100 valence electrons. The third kappa shape index (κ3) is 3.13. The summed E-state index contributed by atoms with van der Waals surface area (Å²) in [5.41, 5.74) is -0.186. The number of benzene rings is 1. The van der Waals surface area contributed by atoms with Gasteiger partial charge in [-0.3, -0.25) is 19.9 Å². The van der Waals surface area contributed by atoms with Crippen molar-refractivity contribution in [1.82, 2.24) is 10.2 Å². The molecule has 0 saturated carbocycles. The molecule has 0 unspecified atom stereocenters. The number of nitro groups is 1. The smallest absolute Gasteiger partial charge is 0.258 e. The van der Waals surface area contributed by atoms with Gasteiger partial charge in [0, 0.05) is 12.1 Å². The third-order valence-electron chi connectivity index (χ3n) is 2.02. The largest absolute Gasteiger partial charge is 0.269 e. The topological polar surface area (TPSA) is 118 Å². The highest BCUT2D eigenvalue weighted by Gasteiger charge is 2.17. The molecule has 0 aliphatic heterocycles. The highest BCUT2D eigenvalue weighted by atomic mass is 32.2. The number of sulfonamides is 1. The van der Waals surface area contributed by atoms with E-state index in [1.165, 1.54) is 0 Å². The van der Waals surface area contributed by atoms with Gasteiger partial charge in [0.15, 0.2) is 3.95 Å². The molecule has 0 spiro atoms. The van der Waals surface area contributed by atoms with Crippen LogP contribution in [-0.4, -0.2) is 23.5 Å². The first-order chi connectivity index (χ1) is 8.88. The maximum Gasteiger partial charge on any atom is 0.269 e. The van der Waals surface area contributed by atoms with E-state index in [4.69, 9.17) is 12.2 Å². The predicted octanol–water partition coefficient (Wildman–Crippen LogP) is 1.91. The molecule has 11 heteroatoms. The summed E-state index contributed by atoms with van der Waals surface area (Å²) in [5.74, 6) is 0. The van der Waals surface area contributed by atoms with Gasteiger partial charge in [0.1, 0.15) is 0 Å². The average molecular weight is 318 g/mol. The van der Waals surface area contributed by atoms with E-state index in [2.05, 4.69) is 14.9 Å². The van der Waals surface area contributed by atoms with Crippen molar-refractivity contribution in [3.05, 3.63) is 38.3 Å². The minimum atomic E-state index is -3.83. The molecule has 0 amide bonds. The van der Waals surface area contributed by atoms with Crippen LogP contribution < -0.4 is 4.72 Å². The Kier molecular flexibility index (Phi) is 3.59. The van der Waals surface area contributed by atoms with Crippen molar-refractivity contribution in [3.8, 4) is 0 Å². The molecule has 0 fully saturated rings. The highest BCUT2D eigenvalue weighted by Crippen LogP contribution is 2.20. The van der Waals surface area contributed by atoms with E-state index < -0.39 is 14.9 Å². The second kappa shape index (κ2) is 5.03. The minimum Gasteiger partial charge on any atom is -0.258 e. The van der Waals surface area contributed by atoms with E-state index >= 15 is 0 Å². The lowest BCUT2D eigenvalue weighted by Gasteiger charge is -2.03. The molecule has 2 rings (SSSR count). The van der Waals surface area contributed by atoms with Crippen molar-refractivity contribution in [2.24, 2.45) is 0 Å². The SMILES string of the molecule is O=[N+]([O-])c1ccc(S(=O)(=O)Nc2n[nH]c(=S)s2)cc1. The van der Waals surface area contributed by atoms with Crippen molar-refractivity contribution in [1.29, 1.82) is 0 Å². The maximum atomic E-state index is 11.9. The number of non-ortho nitro benzene ring substituents is 1. The number of aromatic amines is 1. The quantitative estimate of drug-likeness (QED) is 0.505. The molecule has 0 aliphatic carbocycles. The molecule has 8 nitrogen and oxygen atoms in total. The zero-order chi connectivity index (χ0) is 14.0. The Hall–Kier alpha value is -1.85. The van der Waals surface area contributed by atoms with E-state index in [0.717, 1.165) is 35.6 Å². The molecule has 2 N–H and O–H groups in total. The van der Waals surface area contributed by atoms with Crippen LogP contribution in [0.25, 0.3) is 0 Å². The Morgan fingerprint density at radius 1 is 1.37 bits per heavy atom. The van der Waals surface area contributed by atoms with Gasteiger partial charge in [-0.1, -0.05) is 11.3 Å². The van der Waals surface area contributed by atoms with E-state index in [0.29, 0.717) is 3.95 Å². The molecule has 1 heterocycles. The van der Waals surface area contributed by atoms with Crippen molar-refractivity contribution < 1.29 is 13.3 Å². The molecular formula is C8H6N4O4S3. The Bertz CT molecular complexity index is 762. The molecule has 0 aliphatic rings. The summed E-state index contributed by atoms with van der Waals surface area (Å²) >= 11 is 5.74. The number of aromatic nitrogens is 2. The first-order valence-corrected chi connectivity index (χ1v) is 7.42. The third-order valence-corrected chi connectivity index (χ3v) is 4.51. The minimum absolute atomic E-state index is 0.0979. The van der Waals surface area contributed by atoms with Gasteiger partial charge in [-0.25, -0.2) is 8.42 Å².